The second-order valence-electron chi connectivity index (χ2n) is 5.54. The molecule has 0 bridgehead atoms. The summed E-state index contributed by atoms with van der Waals surface area (Å²) in [5.41, 5.74) is 4.17. The zero-order valence-electron chi connectivity index (χ0n) is 12.7. The Bertz CT molecular complexity index is 755. The first-order valence-electron chi connectivity index (χ1n) is 7.31. The Labute approximate surface area is 129 Å². The van der Waals surface area contributed by atoms with Crippen molar-refractivity contribution in [2.45, 2.75) is 19.8 Å². The van der Waals surface area contributed by atoms with Crippen molar-refractivity contribution in [1.82, 2.24) is 0 Å². The molecule has 1 N–H and O–H groups in total. The van der Waals surface area contributed by atoms with Crippen LogP contribution in [0.2, 0.25) is 0 Å². The summed E-state index contributed by atoms with van der Waals surface area (Å²) in [6.07, 6.45) is 1.17. The molecule has 0 radical (unpaired) electrons. The summed E-state index contributed by atoms with van der Waals surface area (Å²) in [5, 5.41) is 10.6. The fourth-order valence-electron chi connectivity index (χ4n) is 2.85. The SMILES string of the molecule is COc1ccc(C(O)=C2C(=O)CCc3cc(C)ccc32)cc1. The number of aliphatic hydroxyl groups is 1. The fourth-order valence-corrected chi connectivity index (χ4v) is 2.85. The van der Waals surface area contributed by atoms with Gasteiger partial charge in [0.25, 0.3) is 0 Å². The second kappa shape index (κ2) is 5.68. The molecule has 0 saturated heterocycles. The van der Waals surface area contributed by atoms with Gasteiger partial charge in [-0.05, 0) is 48.7 Å². The van der Waals surface area contributed by atoms with E-state index in [2.05, 4.69) is 6.07 Å². The Hall–Kier alpha value is -2.55. The number of carbonyl (C=O) groups excluding carboxylic acids is 1. The quantitative estimate of drug-likeness (QED) is 0.674. The monoisotopic (exact) mass is 294 g/mol. The van der Waals surface area contributed by atoms with Gasteiger partial charge in [-0.3, -0.25) is 4.79 Å². The molecule has 112 valence electrons. The molecule has 0 heterocycles. The van der Waals surface area contributed by atoms with Crippen LogP contribution in [0.1, 0.15) is 28.7 Å². The van der Waals surface area contributed by atoms with E-state index in [1.807, 2.05) is 19.1 Å². The number of aryl methyl sites for hydroxylation is 2. The Morgan fingerprint density at radius 3 is 2.50 bits per heavy atom. The van der Waals surface area contributed by atoms with Gasteiger partial charge >= 0.3 is 0 Å². The molecule has 0 saturated carbocycles. The highest BCUT2D eigenvalue weighted by Crippen LogP contribution is 2.34. The van der Waals surface area contributed by atoms with Crippen LogP contribution in [0.25, 0.3) is 11.3 Å². The van der Waals surface area contributed by atoms with Crippen LogP contribution in [0.5, 0.6) is 5.75 Å². The van der Waals surface area contributed by atoms with E-state index in [1.165, 1.54) is 0 Å². The number of carbonyl (C=O) groups is 1. The molecule has 0 aliphatic heterocycles. The molecule has 2 aromatic rings. The van der Waals surface area contributed by atoms with Crippen LogP contribution in [-0.2, 0) is 11.2 Å². The Balaban J connectivity index is 2.13. The molecule has 0 amide bonds. The highest BCUT2D eigenvalue weighted by molar-refractivity contribution is 6.28. The van der Waals surface area contributed by atoms with Crippen molar-refractivity contribution in [1.29, 1.82) is 0 Å². The summed E-state index contributed by atoms with van der Waals surface area (Å²) in [7, 11) is 1.59. The molecule has 1 aliphatic rings. The van der Waals surface area contributed by atoms with Gasteiger partial charge in [-0.25, -0.2) is 0 Å². The number of ketones is 1. The van der Waals surface area contributed by atoms with E-state index >= 15 is 0 Å². The van der Waals surface area contributed by atoms with Crippen LogP contribution >= 0.6 is 0 Å². The first-order valence-corrected chi connectivity index (χ1v) is 7.31. The summed E-state index contributed by atoms with van der Waals surface area (Å²) < 4.78 is 5.12. The molecular weight excluding hydrogens is 276 g/mol. The lowest BCUT2D eigenvalue weighted by Crippen LogP contribution is -2.14. The van der Waals surface area contributed by atoms with E-state index in [4.69, 9.17) is 4.74 Å². The standard InChI is InChI=1S/C19H18O3/c1-12-3-9-16-14(11-12)6-10-17(20)18(16)19(21)13-4-7-15(22-2)8-5-13/h3-5,7-9,11,21H,6,10H2,1-2H3. The average molecular weight is 294 g/mol. The molecular formula is C19H18O3. The maximum absolute atomic E-state index is 12.3. The molecule has 0 aromatic heterocycles. The maximum Gasteiger partial charge on any atom is 0.167 e. The summed E-state index contributed by atoms with van der Waals surface area (Å²) in [6, 6.07) is 13.1. The lowest BCUT2D eigenvalue weighted by Gasteiger charge is -2.20. The predicted molar refractivity (Wildman–Crippen MR) is 86.9 cm³/mol. The number of allylic oxidation sites excluding steroid dienone is 1. The minimum absolute atomic E-state index is 0.00956. The number of hydrogen-bond donors (Lipinski definition) is 1. The molecule has 0 fully saturated rings. The van der Waals surface area contributed by atoms with Crippen molar-refractivity contribution in [2.24, 2.45) is 0 Å². The highest BCUT2D eigenvalue weighted by atomic mass is 16.5. The smallest absolute Gasteiger partial charge is 0.167 e. The third-order valence-electron chi connectivity index (χ3n) is 4.03. The van der Waals surface area contributed by atoms with Crippen LogP contribution in [-0.4, -0.2) is 18.0 Å². The molecule has 0 atom stereocenters. The lowest BCUT2D eigenvalue weighted by atomic mass is 9.84. The van der Waals surface area contributed by atoms with E-state index in [0.29, 0.717) is 23.3 Å². The summed E-state index contributed by atoms with van der Waals surface area (Å²) in [4.78, 5) is 12.3. The number of hydrogen-bond acceptors (Lipinski definition) is 3. The van der Waals surface area contributed by atoms with Crippen LogP contribution < -0.4 is 4.74 Å². The minimum atomic E-state index is -0.00956. The largest absolute Gasteiger partial charge is 0.507 e. The van der Waals surface area contributed by atoms with Gasteiger partial charge in [0.2, 0.25) is 0 Å². The molecule has 3 rings (SSSR count). The van der Waals surface area contributed by atoms with Gasteiger partial charge in [-0.2, -0.15) is 0 Å². The van der Waals surface area contributed by atoms with E-state index < -0.39 is 0 Å². The third kappa shape index (κ3) is 2.50. The first-order chi connectivity index (χ1) is 10.6. The van der Waals surface area contributed by atoms with Crippen LogP contribution in [0, 0.1) is 6.92 Å². The summed E-state index contributed by atoms with van der Waals surface area (Å²) in [6.45, 7) is 2.03. The van der Waals surface area contributed by atoms with Crippen molar-refractivity contribution in [3.8, 4) is 5.75 Å². The maximum atomic E-state index is 12.3. The molecule has 22 heavy (non-hydrogen) atoms. The molecule has 3 heteroatoms. The topological polar surface area (TPSA) is 46.5 Å². The van der Waals surface area contributed by atoms with E-state index in [0.717, 1.165) is 23.1 Å². The average Bonchev–Trinajstić information content (AvgIpc) is 2.54. The van der Waals surface area contributed by atoms with Gasteiger partial charge in [0.1, 0.15) is 11.5 Å². The molecule has 0 unspecified atom stereocenters. The Morgan fingerprint density at radius 1 is 1.09 bits per heavy atom. The number of methoxy groups -OCH3 is 1. The molecule has 2 aromatic carbocycles. The number of rotatable bonds is 2. The predicted octanol–water partition coefficient (Wildman–Crippen LogP) is 3.95. The van der Waals surface area contributed by atoms with Gasteiger partial charge in [-0.1, -0.05) is 23.8 Å². The fraction of sp³-hybridized carbons (Fsp3) is 0.211. The zero-order valence-corrected chi connectivity index (χ0v) is 12.7. The third-order valence-corrected chi connectivity index (χ3v) is 4.03. The Kier molecular flexibility index (Phi) is 3.72. The number of Topliss-reactive ketones (excluding diaryl/α,β-unsaturated/α-hetero) is 1. The van der Waals surface area contributed by atoms with E-state index in [1.54, 1.807) is 31.4 Å². The van der Waals surface area contributed by atoms with Crippen LogP contribution in [0.15, 0.2) is 42.5 Å². The van der Waals surface area contributed by atoms with Gasteiger partial charge in [-0.15, -0.1) is 0 Å². The van der Waals surface area contributed by atoms with E-state index in [-0.39, 0.29) is 11.5 Å². The zero-order chi connectivity index (χ0) is 15.7. The van der Waals surface area contributed by atoms with Crippen LogP contribution in [0.4, 0.5) is 0 Å². The molecule has 0 spiro atoms. The van der Waals surface area contributed by atoms with Gasteiger partial charge in [0, 0.05) is 12.0 Å². The van der Waals surface area contributed by atoms with Crippen LogP contribution in [0.3, 0.4) is 0 Å². The molecule has 1 aliphatic carbocycles. The van der Waals surface area contributed by atoms with Gasteiger partial charge in [0.15, 0.2) is 5.78 Å². The highest BCUT2D eigenvalue weighted by Gasteiger charge is 2.25. The van der Waals surface area contributed by atoms with Crippen molar-refractivity contribution in [3.63, 3.8) is 0 Å². The summed E-state index contributed by atoms with van der Waals surface area (Å²) >= 11 is 0. The summed E-state index contributed by atoms with van der Waals surface area (Å²) in [5.74, 6) is 0.745. The van der Waals surface area contributed by atoms with Crippen molar-refractivity contribution in [3.05, 3.63) is 64.7 Å². The second-order valence-corrected chi connectivity index (χ2v) is 5.54. The van der Waals surface area contributed by atoms with Crippen molar-refractivity contribution >= 4 is 17.1 Å². The van der Waals surface area contributed by atoms with Gasteiger partial charge in [0.05, 0.1) is 12.7 Å². The minimum Gasteiger partial charge on any atom is -0.507 e. The van der Waals surface area contributed by atoms with E-state index in [9.17, 15) is 9.90 Å². The normalized spacial score (nSPS) is 16.2. The molecule has 3 nitrogen and oxygen atoms in total. The number of aliphatic hydroxyl groups excluding tert-OH is 1. The lowest BCUT2D eigenvalue weighted by molar-refractivity contribution is -0.113. The van der Waals surface area contributed by atoms with Crippen molar-refractivity contribution in [2.75, 3.05) is 7.11 Å². The number of benzene rings is 2. The number of ether oxygens (including phenoxy) is 1. The number of fused-ring (bicyclic) bond motifs is 1. The Morgan fingerprint density at radius 2 is 1.82 bits per heavy atom. The van der Waals surface area contributed by atoms with Gasteiger partial charge < -0.3 is 9.84 Å². The first kappa shape index (κ1) is 14.4. The van der Waals surface area contributed by atoms with Crippen molar-refractivity contribution < 1.29 is 14.6 Å².